The highest BCUT2D eigenvalue weighted by molar-refractivity contribution is 5.91. The predicted molar refractivity (Wildman–Crippen MR) is 101 cm³/mol. The van der Waals surface area contributed by atoms with Crippen molar-refractivity contribution in [1.82, 2.24) is 9.88 Å². The molecule has 0 saturated carbocycles. The standard InChI is InChI=1S/C20H28F3N3/c1-3-5-13-26(12-4-2)14-6-10-24-18-9-11-25-19-15-16(20(21,22)23)7-8-17(18)19/h7-9,11,15H,3-6,10,12-14H2,1-2H3,(H,24,25). The Labute approximate surface area is 153 Å². The monoisotopic (exact) mass is 367 g/mol. The van der Waals surface area contributed by atoms with Crippen LogP contribution in [0, 0.1) is 0 Å². The van der Waals surface area contributed by atoms with Crippen LogP contribution in [0.15, 0.2) is 30.5 Å². The van der Waals surface area contributed by atoms with E-state index in [4.69, 9.17) is 0 Å². The first kappa shape index (κ1) is 20.5. The Hall–Kier alpha value is -1.82. The first-order valence-corrected chi connectivity index (χ1v) is 9.38. The van der Waals surface area contributed by atoms with Crippen molar-refractivity contribution in [3.63, 3.8) is 0 Å². The van der Waals surface area contributed by atoms with Gasteiger partial charge in [-0.1, -0.05) is 26.3 Å². The molecule has 0 saturated heterocycles. The van der Waals surface area contributed by atoms with Crippen LogP contribution in [-0.2, 0) is 6.18 Å². The summed E-state index contributed by atoms with van der Waals surface area (Å²) in [5, 5.41) is 4.07. The van der Waals surface area contributed by atoms with Crippen LogP contribution in [0.1, 0.15) is 45.1 Å². The number of unbranched alkanes of at least 4 members (excludes halogenated alkanes) is 1. The summed E-state index contributed by atoms with van der Waals surface area (Å²) >= 11 is 0. The summed E-state index contributed by atoms with van der Waals surface area (Å²) in [7, 11) is 0. The van der Waals surface area contributed by atoms with Gasteiger partial charge < -0.3 is 10.2 Å². The van der Waals surface area contributed by atoms with Crippen molar-refractivity contribution >= 4 is 16.6 Å². The fraction of sp³-hybridized carbons (Fsp3) is 0.550. The van der Waals surface area contributed by atoms with Gasteiger partial charge in [0.25, 0.3) is 0 Å². The first-order chi connectivity index (χ1) is 12.5. The zero-order valence-corrected chi connectivity index (χ0v) is 15.6. The SMILES string of the molecule is CCCCN(CCC)CCCNc1ccnc2cc(C(F)(F)F)ccc12. The van der Waals surface area contributed by atoms with Crippen molar-refractivity contribution in [2.24, 2.45) is 0 Å². The third-order valence-corrected chi connectivity index (χ3v) is 4.40. The van der Waals surface area contributed by atoms with E-state index in [-0.39, 0.29) is 0 Å². The minimum absolute atomic E-state index is 0.361. The number of aromatic nitrogens is 1. The van der Waals surface area contributed by atoms with E-state index in [9.17, 15) is 13.2 Å². The number of hydrogen-bond acceptors (Lipinski definition) is 3. The molecule has 1 aromatic carbocycles. The average Bonchev–Trinajstić information content (AvgIpc) is 2.62. The molecule has 1 aromatic heterocycles. The maximum absolute atomic E-state index is 12.8. The molecule has 0 aliphatic heterocycles. The number of rotatable bonds is 10. The molecule has 0 atom stereocenters. The highest BCUT2D eigenvalue weighted by Crippen LogP contribution is 2.32. The summed E-state index contributed by atoms with van der Waals surface area (Å²) in [6, 6.07) is 5.53. The predicted octanol–water partition coefficient (Wildman–Crippen LogP) is 5.57. The van der Waals surface area contributed by atoms with Crippen LogP contribution in [0.5, 0.6) is 0 Å². The summed E-state index contributed by atoms with van der Waals surface area (Å²) < 4.78 is 38.5. The van der Waals surface area contributed by atoms with Crippen LogP contribution in [0.4, 0.5) is 18.9 Å². The Morgan fingerprint density at radius 1 is 1.00 bits per heavy atom. The van der Waals surface area contributed by atoms with Crippen LogP contribution in [0.25, 0.3) is 10.9 Å². The second-order valence-electron chi connectivity index (χ2n) is 6.56. The Balaban J connectivity index is 1.96. The summed E-state index contributed by atoms with van der Waals surface area (Å²) in [6.07, 6.45) is 1.75. The Bertz CT molecular complexity index is 686. The van der Waals surface area contributed by atoms with Gasteiger partial charge in [-0.2, -0.15) is 13.2 Å². The zero-order valence-electron chi connectivity index (χ0n) is 15.6. The molecule has 2 rings (SSSR count). The summed E-state index contributed by atoms with van der Waals surface area (Å²) in [4.78, 5) is 6.56. The average molecular weight is 367 g/mol. The van der Waals surface area contributed by atoms with E-state index in [1.807, 2.05) is 6.07 Å². The van der Waals surface area contributed by atoms with E-state index in [1.165, 1.54) is 18.9 Å². The molecule has 0 amide bonds. The third kappa shape index (κ3) is 5.87. The molecule has 0 aliphatic rings. The molecule has 144 valence electrons. The van der Waals surface area contributed by atoms with Crippen molar-refractivity contribution < 1.29 is 13.2 Å². The number of halogens is 3. The number of nitrogens with zero attached hydrogens (tertiary/aromatic N) is 2. The van der Waals surface area contributed by atoms with Gasteiger partial charge in [-0.05, 0) is 57.1 Å². The van der Waals surface area contributed by atoms with Gasteiger partial charge in [-0.25, -0.2) is 0 Å². The van der Waals surface area contributed by atoms with Gasteiger partial charge in [0.15, 0.2) is 0 Å². The van der Waals surface area contributed by atoms with E-state index >= 15 is 0 Å². The van der Waals surface area contributed by atoms with Crippen molar-refractivity contribution in [2.75, 3.05) is 31.5 Å². The minimum atomic E-state index is -4.35. The normalized spacial score (nSPS) is 12.1. The molecule has 26 heavy (non-hydrogen) atoms. The van der Waals surface area contributed by atoms with E-state index in [1.54, 1.807) is 6.20 Å². The number of anilines is 1. The fourth-order valence-corrected chi connectivity index (χ4v) is 3.04. The molecule has 0 aliphatic carbocycles. The van der Waals surface area contributed by atoms with Crippen molar-refractivity contribution in [3.8, 4) is 0 Å². The van der Waals surface area contributed by atoms with Crippen LogP contribution in [-0.4, -0.2) is 36.1 Å². The Morgan fingerprint density at radius 2 is 1.77 bits per heavy atom. The van der Waals surface area contributed by atoms with Gasteiger partial charge in [0, 0.05) is 23.8 Å². The van der Waals surface area contributed by atoms with E-state index in [0.29, 0.717) is 5.52 Å². The van der Waals surface area contributed by atoms with E-state index in [2.05, 4.69) is 29.0 Å². The van der Waals surface area contributed by atoms with Gasteiger partial charge in [0.05, 0.1) is 11.1 Å². The summed E-state index contributed by atoms with van der Waals surface area (Å²) in [5.74, 6) is 0. The van der Waals surface area contributed by atoms with E-state index in [0.717, 1.165) is 62.2 Å². The van der Waals surface area contributed by atoms with Crippen molar-refractivity contribution in [2.45, 2.75) is 45.7 Å². The van der Waals surface area contributed by atoms with Crippen molar-refractivity contribution in [3.05, 3.63) is 36.0 Å². The van der Waals surface area contributed by atoms with Crippen LogP contribution in [0.2, 0.25) is 0 Å². The van der Waals surface area contributed by atoms with Crippen LogP contribution < -0.4 is 5.32 Å². The molecule has 2 aromatic rings. The van der Waals surface area contributed by atoms with Gasteiger partial charge >= 0.3 is 6.18 Å². The molecule has 0 radical (unpaired) electrons. The van der Waals surface area contributed by atoms with Crippen LogP contribution in [0.3, 0.4) is 0 Å². The molecular formula is C20H28F3N3. The van der Waals surface area contributed by atoms with Gasteiger partial charge in [0.1, 0.15) is 0 Å². The van der Waals surface area contributed by atoms with Gasteiger partial charge in [0.2, 0.25) is 0 Å². The quantitative estimate of drug-likeness (QED) is 0.557. The number of fused-ring (bicyclic) bond motifs is 1. The lowest BCUT2D eigenvalue weighted by Gasteiger charge is -2.21. The lowest BCUT2D eigenvalue weighted by atomic mass is 10.1. The molecular weight excluding hydrogens is 339 g/mol. The van der Waals surface area contributed by atoms with E-state index < -0.39 is 11.7 Å². The lowest BCUT2D eigenvalue weighted by molar-refractivity contribution is -0.137. The second kappa shape index (κ2) is 9.76. The van der Waals surface area contributed by atoms with Gasteiger partial charge in [-0.3, -0.25) is 4.98 Å². The van der Waals surface area contributed by atoms with Crippen LogP contribution >= 0.6 is 0 Å². The highest BCUT2D eigenvalue weighted by atomic mass is 19.4. The number of pyridine rings is 1. The molecule has 3 nitrogen and oxygen atoms in total. The maximum Gasteiger partial charge on any atom is 0.416 e. The number of hydrogen-bond donors (Lipinski definition) is 1. The smallest absolute Gasteiger partial charge is 0.384 e. The number of alkyl halides is 3. The molecule has 6 heteroatoms. The molecule has 0 fully saturated rings. The molecule has 1 N–H and O–H groups in total. The molecule has 0 unspecified atom stereocenters. The first-order valence-electron chi connectivity index (χ1n) is 9.38. The Morgan fingerprint density at radius 3 is 2.46 bits per heavy atom. The summed E-state index contributed by atoms with van der Waals surface area (Å²) in [6.45, 7) is 8.44. The zero-order chi connectivity index (χ0) is 19.0. The molecule has 1 heterocycles. The molecule has 0 bridgehead atoms. The second-order valence-corrected chi connectivity index (χ2v) is 6.56. The summed E-state index contributed by atoms with van der Waals surface area (Å²) in [5.41, 5.74) is 0.528. The topological polar surface area (TPSA) is 28.2 Å². The van der Waals surface area contributed by atoms with Crippen molar-refractivity contribution in [1.29, 1.82) is 0 Å². The highest BCUT2D eigenvalue weighted by Gasteiger charge is 2.30. The third-order valence-electron chi connectivity index (χ3n) is 4.40. The maximum atomic E-state index is 12.8. The Kier molecular flexibility index (Phi) is 7.69. The number of benzene rings is 1. The largest absolute Gasteiger partial charge is 0.416 e. The molecule has 0 spiro atoms. The fourth-order valence-electron chi connectivity index (χ4n) is 3.04. The number of nitrogens with one attached hydrogen (secondary N) is 1. The minimum Gasteiger partial charge on any atom is -0.384 e. The lowest BCUT2D eigenvalue weighted by Crippen LogP contribution is -2.28. The van der Waals surface area contributed by atoms with Gasteiger partial charge in [-0.15, -0.1) is 0 Å².